The Balaban J connectivity index is 2.51. The van der Waals surface area contributed by atoms with Crippen LogP contribution in [0.3, 0.4) is 0 Å². The molecule has 2 nitrogen and oxygen atoms in total. The van der Waals surface area contributed by atoms with Crippen molar-refractivity contribution in [2.45, 2.75) is 57.8 Å². The predicted molar refractivity (Wildman–Crippen MR) is 67.2 cm³/mol. The lowest BCUT2D eigenvalue weighted by Gasteiger charge is -2.41. The fourth-order valence-corrected chi connectivity index (χ4v) is 2.78. The van der Waals surface area contributed by atoms with Gasteiger partial charge in [-0.1, -0.05) is 13.8 Å². The first-order valence-electron chi connectivity index (χ1n) is 6.73. The minimum atomic E-state index is -4.08. The lowest BCUT2D eigenvalue weighted by molar-refractivity contribution is -0.139. The van der Waals surface area contributed by atoms with Gasteiger partial charge in [-0.3, -0.25) is 0 Å². The van der Waals surface area contributed by atoms with Gasteiger partial charge in [-0.2, -0.15) is 13.2 Å². The van der Waals surface area contributed by atoms with Crippen LogP contribution in [0.2, 0.25) is 0 Å². The molecule has 0 bridgehead atoms. The van der Waals surface area contributed by atoms with Gasteiger partial charge in [-0.25, -0.2) is 0 Å². The zero-order valence-corrected chi connectivity index (χ0v) is 11.5. The van der Waals surface area contributed by atoms with Gasteiger partial charge in [0, 0.05) is 18.6 Å². The number of hydrogen-bond donors (Lipinski definition) is 1. The second-order valence-electron chi connectivity index (χ2n) is 5.89. The first-order valence-corrected chi connectivity index (χ1v) is 6.73. The van der Waals surface area contributed by atoms with E-state index < -0.39 is 12.6 Å². The Hall–Kier alpha value is -0.290. The summed E-state index contributed by atoms with van der Waals surface area (Å²) in [6.07, 6.45) is -1.89. The predicted octanol–water partition coefficient (Wildman–Crippen LogP) is 3.02. The van der Waals surface area contributed by atoms with Crippen molar-refractivity contribution in [1.29, 1.82) is 0 Å². The smallest absolute Gasteiger partial charge is 0.326 e. The van der Waals surface area contributed by atoms with Crippen molar-refractivity contribution >= 4 is 0 Å². The van der Waals surface area contributed by atoms with Crippen LogP contribution in [0.1, 0.15) is 39.5 Å². The fraction of sp³-hybridized carbons (Fsp3) is 1.00. The summed E-state index contributed by atoms with van der Waals surface area (Å²) >= 11 is 0. The van der Waals surface area contributed by atoms with E-state index in [0.29, 0.717) is 11.8 Å². The number of hydrogen-bond acceptors (Lipinski definition) is 2. The molecule has 3 unspecified atom stereocenters. The van der Waals surface area contributed by atoms with Gasteiger partial charge in [-0.05, 0) is 38.1 Å². The molecule has 0 heterocycles. The van der Waals surface area contributed by atoms with Gasteiger partial charge < -0.3 is 10.6 Å². The second kappa shape index (κ2) is 6.24. The summed E-state index contributed by atoms with van der Waals surface area (Å²) in [7, 11) is 1.76. The molecular formula is C13H25F3N2. The monoisotopic (exact) mass is 266 g/mol. The number of nitrogens with two attached hydrogens (primary N) is 1. The second-order valence-corrected chi connectivity index (χ2v) is 5.89. The van der Waals surface area contributed by atoms with E-state index in [9.17, 15) is 13.2 Å². The Morgan fingerprint density at radius 2 is 1.89 bits per heavy atom. The zero-order chi connectivity index (χ0) is 13.9. The standard InChI is InChI=1S/C13H25F3N2/c1-9(2)10-4-5-11(17)12(8-10)18(3)7-6-13(14,15)16/h9-12H,4-8,17H2,1-3H3. The van der Waals surface area contributed by atoms with E-state index in [0.717, 1.165) is 19.3 Å². The van der Waals surface area contributed by atoms with E-state index in [2.05, 4.69) is 13.8 Å². The first kappa shape index (κ1) is 15.8. The van der Waals surface area contributed by atoms with Crippen molar-refractivity contribution in [3.05, 3.63) is 0 Å². The molecule has 1 saturated carbocycles. The summed E-state index contributed by atoms with van der Waals surface area (Å²) in [4.78, 5) is 1.80. The van der Waals surface area contributed by atoms with Crippen LogP contribution < -0.4 is 5.73 Å². The average Bonchev–Trinajstić information content (AvgIpc) is 2.25. The van der Waals surface area contributed by atoms with Crippen molar-refractivity contribution in [2.75, 3.05) is 13.6 Å². The maximum atomic E-state index is 12.2. The van der Waals surface area contributed by atoms with Crippen LogP contribution in [0, 0.1) is 11.8 Å². The minimum absolute atomic E-state index is 0.0123. The van der Waals surface area contributed by atoms with Gasteiger partial charge in [0.15, 0.2) is 0 Å². The topological polar surface area (TPSA) is 29.3 Å². The number of nitrogens with zero attached hydrogens (tertiary/aromatic N) is 1. The summed E-state index contributed by atoms with van der Waals surface area (Å²) in [5.74, 6) is 1.17. The highest BCUT2D eigenvalue weighted by Crippen LogP contribution is 2.32. The number of alkyl halides is 3. The summed E-state index contributed by atoms with van der Waals surface area (Å²) < 4.78 is 36.7. The Morgan fingerprint density at radius 3 is 2.39 bits per heavy atom. The van der Waals surface area contributed by atoms with Crippen molar-refractivity contribution in [1.82, 2.24) is 4.90 Å². The highest BCUT2D eigenvalue weighted by atomic mass is 19.4. The molecule has 0 saturated heterocycles. The van der Waals surface area contributed by atoms with E-state index in [4.69, 9.17) is 5.73 Å². The van der Waals surface area contributed by atoms with Gasteiger partial charge >= 0.3 is 6.18 Å². The van der Waals surface area contributed by atoms with Crippen LogP contribution in [0.5, 0.6) is 0 Å². The van der Waals surface area contributed by atoms with Crippen molar-refractivity contribution < 1.29 is 13.2 Å². The summed E-state index contributed by atoms with van der Waals surface area (Å²) in [5, 5.41) is 0. The molecule has 0 spiro atoms. The molecule has 0 aromatic heterocycles. The van der Waals surface area contributed by atoms with Crippen LogP contribution in [-0.4, -0.2) is 36.8 Å². The number of halogens is 3. The van der Waals surface area contributed by atoms with E-state index in [1.165, 1.54) is 0 Å². The lowest BCUT2D eigenvalue weighted by Crippen LogP contribution is -2.51. The average molecular weight is 266 g/mol. The highest BCUT2D eigenvalue weighted by molar-refractivity contribution is 4.89. The third-order valence-corrected chi connectivity index (χ3v) is 4.17. The molecule has 108 valence electrons. The minimum Gasteiger partial charge on any atom is -0.326 e. The fourth-order valence-electron chi connectivity index (χ4n) is 2.78. The maximum absolute atomic E-state index is 12.2. The molecule has 18 heavy (non-hydrogen) atoms. The number of rotatable bonds is 4. The van der Waals surface area contributed by atoms with E-state index in [1.807, 2.05) is 0 Å². The summed E-state index contributed by atoms with van der Waals surface area (Å²) in [6, 6.07) is 0.103. The highest BCUT2D eigenvalue weighted by Gasteiger charge is 2.34. The molecule has 0 radical (unpaired) electrons. The molecule has 0 aromatic carbocycles. The van der Waals surface area contributed by atoms with Crippen LogP contribution in [0.15, 0.2) is 0 Å². The molecule has 0 aliphatic heterocycles. The molecular weight excluding hydrogens is 241 g/mol. The Morgan fingerprint density at radius 1 is 1.28 bits per heavy atom. The van der Waals surface area contributed by atoms with Crippen LogP contribution in [-0.2, 0) is 0 Å². The third kappa shape index (κ3) is 4.76. The largest absolute Gasteiger partial charge is 0.390 e. The van der Waals surface area contributed by atoms with E-state index >= 15 is 0 Å². The molecule has 2 N–H and O–H groups in total. The van der Waals surface area contributed by atoms with Gasteiger partial charge in [0.05, 0.1) is 6.42 Å². The molecule has 5 heteroatoms. The summed E-state index contributed by atoms with van der Waals surface area (Å²) in [6.45, 7) is 4.40. The van der Waals surface area contributed by atoms with Crippen molar-refractivity contribution in [3.8, 4) is 0 Å². The van der Waals surface area contributed by atoms with Gasteiger partial charge in [0.2, 0.25) is 0 Å². The van der Waals surface area contributed by atoms with Gasteiger partial charge in [0.1, 0.15) is 0 Å². The Bertz CT molecular complexity index is 253. The van der Waals surface area contributed by atoms with Crippen LogP contribution in [0.4, 0.5) is 13.2 Å². The molecule has 0 aromatic rings. The number of likely N-dealkylation sites (N-methyl/N-ethyl adjacent to an activating group) is 1. The van der Waals surface area contributed by atoms with Gasteiger partial charge in [0.25, 0.3) is 0 Å². The Labute approximate surface area is 108 Å². The SMILES string of the molecule is CC(C)C1CCC(N)C(N(C)CCC(F)(F)F)C1. The van der Waals surface area contributed by atoms with Crippen LogP contribution in [0.25, 0.3) is 0 Å². The lowest BCUT2D eigenvalue weighted by atomic mass is 9.76. The van der Waals surface area contributed by atoms with Crippen molar-refractivity contribution in [2.24, 2.45) is 17.6 Å². The molecule has 1 aliphatic carbocycles. The molecule has 3 atom stereocenters. The Kier molecular flexibility index (Phi) is 5.46. The molecule has 0 amide bonds. The molecule has 1 aliphatic rings. The van der Waals surface area contributed by atoms with Crippen molar-refractivity contribution in [3.63, 3.8) is 0 Å². The molecule has 1 rings (SSSR count). The maximum Gasteiger partial charge on any atom is 0.390 e. The van der Waals surface area contributed by atoms with E-state index in [1.54, 1.807) is 11.9 Å². The third-order valence-electron chi connectivity index (χ3n) is 4.17. The summed E-state index contributed by atoms with van der Waals surface area (Å²) in [5.41, 5.74) is 6.06. The zero-order valence-electron chi connectivity index (χ0n) is 11.5. The quantitative estimate of drug-likeness (QED) is 0.847. The molecule has 1 fully saturated rings. The van der Waals surface area contributed by atoms with E-state index in [-0.39, 0.29) is 18.6 Å². The first-order chi connectivity index (χ1) is 8.20. The normalized spacial score (nSPS) is 30.2. The van der Waals surface area contributed by atoms with Crippen LogP contribution >= 0.6 is 0 Å². The van der Waals surface area contributed by atoms with Gasteiger partial charge in [-0.15, -0.1) is 0 Å².